The molecule has 3 aromatic rings. The SMILES string of the molecule is CCOC(=O)CC(CS(=O)(=O)c1ccc(Sc2ccc(NC(N)=S)cc2)cc1)c1ccccc1. The highest BCUT2D eigenvalue weighted by Gasteiger charge is 2.25. The largest absolute Gasteiger partial charge is 0.466 e. The molecule has 1 atom stereocenters. The molecular formula is C25H26N2O4S3. The van der Waals surface area contributed by atoms with Crippen LogP contribution in [-0.2, 0) is 19.4 Å². The molecule has 0 saturated carbocycles. The second-order valence-corrected chi connectivity index (χ2v) is 11.1. The molecule has 0 saturated heterocycles. The van der Waals surface area contributed by atoms with Gasteiger partial charge in [-0.3, -0.25) is 4.79 Å². The number of rotatable bonds is 10. The van der Waals surface area contributed by atoms with Crippen LogP contribution in [0.25, 0.3) is 0 Å². The summed E-state index contributed by atoms with van der Waals surface area (Å²) in [7, 11) is -3.62. The van der Waals surface area contributed by atoms with Crippen molar-refractivity contribution in [2.45, 2.75) is 33.9 Å². The lowest BCUT2D eigenvalue weighted by Gasteiger charge is -2.17. The molecule has 0 amide bonds. The first-order valence-corrected chi connectivity index (χ1v) is 13.5. The fraction of sp³-hybridized carbons (Fsp3) is 0.200. The number of ether oxygens (including phenoxy) is 1. The Morgan fingerprint density at radius 1 is 1.00 bits per heavy atom. The molecule has 3 rings (SSSR count). The van der Waals surface area contributed by atoms with Gasteiger partial charge in [-0.2, -0.15) is 0 Å². The quantitative estimate of drug-likeness (QED) is 0.288. The molecule has 0 spiro atoms. The van der Waals surface area contributed by atoms with Gasteiger partial charge in [0.25, 0.3) is 0 Å². The molecule has 0 bridgehead atoms. The van der Waals surface area contributed by atoms with Crippen molar-refractivity contribution in [3.05, 3.63) is 84.4 Å². The predicted octanol–water partition coefficient (Wildman–Crippen LogP) is 5.00. The fourth-order valence-corrected chi connectivity index (χ4v) is 5.90. The second-order valence-electron chi connectivity index (χ2n) is 7.49. The van der Waals surface area contributed by atoms with Crippen molar-refractivity contribution in [3.8, 4) is 0 Å². The highest BCUT2D eigenvalue weighted by molar-refractivity contribution is 7.99. The van der Waals surface area contributed by atoms with E-state index in [2.05, 4.69) is 5.32 Å². The summed E-state index contributed by atoms with van der Waals surface area (Å²) in [6.07, 6.45) is 0.00471. The maximum absolute atomic E-state index is 13.2. The van der Waals surface area contributed by atoms with Crippen molar-refractivity contribution < 1.29 is 17.9 Å². The average Bonchev–Trinajstić information content (AvgIpc) is 2.80. The normalized spacial score (nSPS) is 12.0. The first kappa shape index (κ1) is 25.7. The molecular weight excluding hydrogens is 488 g/mol. The van der Waals surface area contributed by atoms with E-state index in [0.29, 0.717) is 0 Å². The van der Waals surface area contributed by atoms with Gasteiger partial charge < -0.3 is 15.8 Å². The third-order valence-corrected chi connectivity index (χ3v) is 7.90. The van der Waals surface area contributed by atoms with E-state index in [1.54, 1.807) is 31.2 Å². The van der Waals surface area contributed by atoms with Gasteiger partial charge in [0.05, 0.1) is 23.7 Å². The van der Waals surface area contributed by atoms with Gasteiger partial charge in [-0.15, -0.1) is 0 Å². The molecule has 0 aliphatic heterocycles. The zero-order valence-corrected chi connectivity index (χ0v) is 21.1. The number of esters is 1. The van der Waals surface area contributed by atoms with Gasteiger partial charge in [-0.1, -0.05) is 42.1 Å². The number of hydrogen-bond acceptors (Lipinski definition) is 6. The van der Waals surface area contributed by atoms with Crippen LogP contribution in [0, 0.1) is 0 Å². The van der Waals surface area contributed by atoms with Crippen LogP contribution >= 0.6 is 24.0 Å². The van der Waals surface area contributed by atoms with Gasteiger partial charge in [-0.05, 0) is 73.2 Å². The molecule has 3 N–H and O–H groups in total. The van der Waals surface area contributed by atoms with E-state index in [9.17, 15) is 13.2 Å². The topological polar surface area (TPSA) is 98.5 Å². The number of carbonyl (C=O) groups is 1. The number of nitrogens with two attached hydrogens (primary N) is 1. The molecule has 3 aromatic carbocycles. The zero-order chi connectivity index (χ0) is 24.6. The Labute approximate surface area is 209 Å². The second kappa shape index (κ2) is 12.0. The summed E-state index contributed by atoms with van der Waals surface area (Å²) in [6.45, 7) is 1.98. The van der Waals surface area contributed by atoms with Crippen LogP contribution < -0.4 is 11.1 Å². The van der Waals surface area contributed by atoms with Gasteiger partial charge in [-0.25, -0.2) is 8.42 Å². The van der Waals surface area contributed by atoms with Crippen LogP contribution in [0.2, 0.25) is 0 Å². The Morgan fingerprint density at radius 2 is 1.59 bits per heavy atom. The van der Waals surface area contributed by atoms with Crippen LogP contribution in [0.1, 0.15) is 24.8 Å². The minimum Gasteiger partial charge on any atom is -0.466 e. The first-order valence-electron chi connectivity index (χ1n) is 10.6. The minimum atomic E-state index is -3.62. The van der Waals surface area contributed by atoms with Gasteiger partial charge in [0.1, 0.15) is 0 Å². The number of sulfone groups is 1. The lowest BCUT2D eigenvalue weighted by Crippen LogP contribution is -2.19. The lowest BCUT2D eigenvalue weighted by molar-refractivity contribution is -0.143. The van der Waals surface area contributed by atoms with Gasteiger partial charge in [0.15, 0.2) is 14.9 Å². The Kier molecular flexibility index (Phi) is 9.09. The molecule has 0 aliphatic carbocycles. The summed E-state index contributed by atoms with van der Waals surface area (Å²) in [6, 6.07) is 23.5. The summed E-state index contributed by atoms with van der Waals surface area (Å²) in [5, 5.41) is 3.07. The predicted molar refractivity (Wildman–Crippen MR) is 140 cm³/mol. The molecule has 9 heteroatoms. The monoisotopic (exact) mass is 514 g/mol. The molecule has 0 aliphatic rings. The summed E-state index contributed by atoms with van der Waals surface area (Å²) in [5.74, 6) is -1.08. The molecule has 0 fully saturated rings. The van der Waals surface area contributed by atoms with Crippen molar-refractivity contribution in [1.82, 2.24) is 0 Å². The number of thiocarbonyl (C=S) groups is 1. The number of anilines is 1. The maximum atomic E-state index is 13.2. The Balaban J connectivity index is 1.72. The number of carbonyl (C=O) groups excluding carboxylic acids is 1. The zero-order valence-electron chi connectivity index (χ0n) is 18.6. The molecule has 1 unspecified atom stereocenters. The third kappa shape index (κ3) is 7.58. The number of benzene rings is 3. The van der Waals surface area contributed by atoms with Crippen molar-refractivity contribution in [2.75, 3.05) is 17.7 Å². The smallest absolute Gasteiger partial charge is 0.306 e. The van der Waals surface area contributed by atoms with Crippen molar-refractivity contribution in [3.63, 3.8) is 0 Å². The fourth-order valence-electron chi connectivity index (χ4n) is 3.38. The molecule has 34 heavy (non-hydrogen) atoms. The molecule has 178 valence electrons. The summed E-state index contributed by atoms with van der Waals surface area (Å²) < 4.78 is 31.4. The summed E-state index contributed by atoms with van der Waals surface area (Å²) in [4.78, 5) is 14.2. The average molecular weight is 515 g/mol. The number of hydrogen-bond donors (Lipinski definition) is 2. The van der Waals surface area contributed by atoms with E-state index in [0.717, 1.165) is 21.0 Å². The standard InChI is InChI=1S/C25H26N2O4S3/c1-2-31-24(28)16-19(18-6-4-3-5-7-18)17-34(29,30)23-14-12-22(13-15-23)33-21-10-8-20(9-11-21)27-25(26)32/h3-15,19H,2,16-17H2,1H3,(H3,26,27,32). The van der Waals surface area contributed by atoms with Crippen molar-refractivity contribution in [2.24, 2.45) is 5.73 Å². The third-order valence-electron chi connectivity index (χ3n) is 4.95. The van der Waals surface area contributed by atoms with Crippen molar-refractivity contribution in [1.29, 1.82) is 0 Å². The summed E-state index contributed by atoms with van der Waals surface area (Å²) in [5.41, 5.74) is 7.07. The molecule has 6 nitrogen and oxygen atoms in total. The van der Waals surface area contributed by atoms with E-state index in [1.165, 1.54) is 11.8 Å². The minimum absolute atomic E-state index is 0.00471. The van der Waals surface area contributed by atoms with Gasteiger partial charge in [0.2, 0.25) is 0 Å². The van der Waals surface area contributed by atoms with Crippen LogP contribution in [-0.4, -0.2) is 31.9 Å². The Morgan fingerprint density at radius 3 is 2.15 bits per heavy atom. The van der Waals surface area contributed by atoms with E-state index in [1.807, 2.05) is 54.6 Å². The van der Waals surface area contributed by atoms with Crippen LogP contribution in [0.4, 0.5) is 5.69 Å². The van der Waals surface area contributed by atoms with E-state index in [4.69, 9.17) is 22.7 Å². The lowest BCUT2D eigenvalue weighted by atomic mass is 9.98. The van der Waals surface area contributed by atoms with Crippen molar-refractivity contribution >= 4 is 50.6 Å². The highest BCUT2D eigenvalue weighted by atomic mass is 32.2. The first-order chi connectivity index (χ1) is 16.3. The number of nitrogens with one attached hydrogen (secondary N) is 1. The van der Waals surface area contributed by atoms with Crippen LogP contribution in [0.5, 0.6) is 0 Å². The van der Waals surface area contributed by atoms with Gasteiger partial charge in [0, 0.05) is 21.4 Å². The Bertz CT molecular complexity index is 1210. The van der Waals surface area contributed by atoms with Gasteiger partial charge >= 0.3 is 5.97 Å². The summed E-state index contributed by atoms with van der Waals surface area (Å²) >= 11 is 6.34. The van der Waals surface area contributed by atoms with Crippen LogP contribution in [0.3, 0.4) is 0 Å². The highest BCUT2D eigenvalue weighted by Crippen LogP contribution is 2.31. The Hall–Kier alpha value is -2.88. The maximum Gasteiger partial charge on any atom is 0.306 e. The van der Waals surface area contributed by atoms with E-state index < -0.39 is 21.7 Å². The van der Waals surface area contributed by atoms with Crippen LogP contribution in [0.15, 0.2) is 93.5 Å². The van der Waals surface area contributed by atoms with E-state index >= 15 is 0 Å². The molecule has 0 aromatic heterocycles. The molecule has 0 radical (unpaired) electrons. The molecule has 0 heterocycles. The van der Waals surface area contributed by atoms with E-state index in [-0.39, 0.29) is 28.8 Å².